The summed E-state index contributed by atoms with van der Waals surface area (Å²) in [6.45, 7) is 10.6. The first-order valence-electron chi connectivity index (χ1n) is 8.12. The number of nitrogens with zero attached hydrogens (tertiary/aromatic N) is 1. The zero-order valence-corrected chi connectivity index (χ0v) is 14.0. The highest BCUT2D eigenvalue weighted by molar-refractivity contribution is 5.79. The Labute approximate surface area is 129 Å². The standard InChI is InChI=1S/C16H31NO4/c1-5-14(6-2)16(19)17(11-9-13-20-7-3)12-10-15(18)21-8-4/h14H,5-13H2,1-4H3. The Morgan fingerprint density at radius 3 is 2.19 bits per heavy atom. The van der Waals surface area contributed by atoms with Crippen LogP contribution in [0.15, 0.2) is 0 Å². The maximum atomic E-state index is 12.5. The molecule has 5 heteroatoms. The third-order valence-corrected chi connectivity index (χ3v) is 3.46. The van der Waals surface area contributed by atoms with Crippen LogP contribution in [0.25, 0.3) is 0 Å². The minimum atomic E-state index is -0.246. The van der Waals surface area contributed by atoms with Crippen molar-refractivity contribution in [2.24, 2.45) is 5.92 Å². The second kappa shape index (κ2) is 12.6. The molecule has 5 nitrogen and oxygen atoms in total. The number of hydrogen-bond acceptors (Lipinski definition) is 4. The van der Waals surface area contributed by atoms with Crippen LogP contribution >= 0.6 is 0 Å². The van der Waals surface area contributed by atoms with Gasteiger partial charge in [0, 0.05) is 32.2 Å². The Morgan fingerprint density at radius 1 is 1.00 bits per heavy atom. The lowest BCUT2D eigenvalue weighted by Crippen LogP contribution is -2.38. The van der Waals surface area contributed by atoms with Crippen LogP contribution in [-0.4, -0.2) is 49.7 Å². The molecular weight excluding hydrogens is 270 g/mol. The number of carbonyl (C=O) groups excluding carboxylic acids is 2. The van der Waals surface area contributed by atoms with Crippen LogP contribution in [0.2, 0.25) is 0 Å². The Balaban J connectivity index is 4.45. The van der Waals surface area contributed by atoms with Gasteiger partial charge < -0.3 is 14.4 Å². The third kappa shape index (κ3) is 8.71. The summed E-state index contributed by atoms with van der Waals surface area (Å²) in [5.41, 5.74) is 0. The number of hydrogen-bond donors (Lipinski definition) is 0. The first-order chi connectivity index (χ1) is 10.1. The summed E-state index contributed by atoms with van der Waals surface area (Å²) in [4.78, 5) is 25.7. The van der Waals surface area contributed by atoms with E-state index < -0.39 is 0 Å². The fraction of sp³-hybridized carbons (Fsp3) is 0.875. The highest BCUT2D eigenvalue weighted by Crippen LogP contribution is 2.13. The van der Waals surface area contributed by atoms with Crippen molar-refractivity contribution >= 4 is 11.9 Å². The molecule has 124 valence electrons. The molecule has 0 N–H and O–H groups in total. The average Bonchev–Trinajstić information content (AvgIpc) is 2.48. The van der Waals surface area contributed by atoms with E-state index in [-0.39, 0.29) is 24.2 Å². The molecule has 0 aromatic heterocycles. The van der Waals surface area contributed by atoms with Crippen molar-refractivity contribution in [3.63, 3.8) is 0 Å². The Bertz CT molecular complexity index is 290. The number of amides is 1. The van der Waals surface area contributed by atoms with Crippen LogP contribution in [0.5, 0.6) is 0 Å². The molecule has 0 fully saturated rings. The summed E-state index contributed by atoms with van der Waals surface area (Å²) in [6.07, 6.45) is 2.71. The first kappa shape index (κ1) is 19.9. The molecule has 0 unspecified atom stereocenters. The maximum Gasteiger partial charge on any atom is 0.307 e. The van der Waals surface area contributed by atoms with Crippen molar-refractivity contribution in [2.75, 3.05) is 32.9 Å². The Kier molecular flexibility index (Phi) is 12.0. The van der Waals surface area contributed by atoms with Crippen LogP contribution in [-0.2, 0) is 19.1 Å². The predicted octanol–water partition coefficient (Wildman–Crippen LogP) is 2.63. The molecule has 0 radical (unpaired) electrons. The fourth-order valence-electron chi connectivity index (χ4n) is 2.19. The minimum Gasteiger partial charge on any atom is -0.466 e. The number of esters is 1. The summed E-state index contributed by atoms with van der Waals surface area (Å²) >= 11 is 0. The van der Waals surface area contributed by atoms with Gasteiger partial charge in [0.25, 0.3) is 0 Å². The zero-order chi connectivity index (χ0) is 16.1. The van der Waals surface area contributed by atoms with Gasteiger partial charge in [0.2, 0.25) is 5.91 Å². The van der Waals surface area contributed by atoms with Gasteiger partial charge in [0.1, 0.15) is 0 Å². The topological polar surface area (TPSA) is 55.8 Å². The highest BCUT2D eigenvalue weighted by Gasteiger charge is 2.21. The van der Waals surface area contributed by atoms with Crippen molar-refractivity contribution < 1.29 is 19.1 Å². The number of carbonyl (C=O) groups is 2. The smallest absolute Gasteiger partial charge is 0.307 e. The van der Waals surface area contributed by atoms with Crippen LogP contribution in [0, 0.1) is 5.92 Å². The Hall–Kier alpha value is -1.10. The van der Waals surface area contributed by atoms with E-state index in [1.54, 1.807) is 11.8 Å². The van der Waals surface area contributed by atoms with Gasteiger partial charge in [0.05, 0.1) is 13.0 Å². The molecule has 0 atom stereocenters. The Morgan fingerprint density at radius 2 is 1.67 bits per heavy atom. The van der Waals surface area contributed by atoms with E-state index in [0.717, 1.165) is 19.3 Å². The van der Waals surface area contributed by atoms with E-state index >= 15 is 0 Å². The van der Waals surface area contributed by atoms with Crippen molar-refractivity contribution in [1.29, 1.82) is 0 Å². The van der Waals surface area contributed by atoms with E-state index in [4.69, 9.17) is 9.47 Å². The lowest BCUT2D eigenvalue weighted by molar-refractivity contribution is -0.144. The van der Waals surface area contributed by atoms with Crippen LogP contribution < -0.4 is 0 Å². The third-order valence-electron chi connectivity index (χ3n) is 3.46. The van der Waals surface area contributed by atoms with Gasteiger partial charge in [0.15, 0.2) is 0 Å². The summed E-state index contributed by atoms with van der Waals surface area (Å²) in [5, 5.41) is 0. The number of ether oxygens (including phenoxy) is 2. The minimum absolute atomic E-state index is 0.0410. The molecule has 0 aliphatic carbocycles. The summed E-state index contributed by atoms with van der Waals surface area (Å²) in [5.74, 6) is -0.0651. The van der Waals surface area contributed by atoms with Crippen molar-refractivity contribution in [3.05, 3.63) is 0 Å². The lowest BCUT2D eigenvalue weighted by Gasteiger charge is -2.26. The molecule has 1 amide bonds. The van der Waals surface area contributed by atoms with E-state index in [0.29, 0.717) is 32.9 Å². The summed E-state index contributed by atoms with van der Waals surface area (Å²) in [7, 11) is 0. The predicted molar refractivity (Wildman–Crippen MR) is 83.0 cm³/mol. The fourth-order valence-corrected chi connectivity index (χ4v) is 2.19. The molecule has 21 heavy (non-hydrogen) atoms. The highest BCUT2D eigenvalue weighted by atomic mass is 16.5. The van der Waals surface area contributed by atoms with Gasteiger partial charge in [-0.2, -0.15) is 0 Å². The molecule has 0 aromatic rings. The van der Waals surface area contributed by atoms with Crippen molar-refractivity contribution in [3.8, 4) is 0 Å². The second-order valence-electron chi connectivity index (χ2n) is 4.94. The molecule has 0 saturated carbocycles. The molecule has 0 aliphatic heterocycles. The molecule has 0 rings (SSSR count). The van der Waals surface area contributed by atoms with Crippen LogP contribution in [0.1, 0.15) is 53.4 Å². The molecule has 0 spiro atoms. The van der Waals surface area contributed by atoms with Gasteiger partial charge in [-0.1, -0.05) is 13.8 Å². The molecular formula is C16H31NO4. The maximum absolute atomic E-state index is 12.5. The van der Waals surface area contributed by atoms with Crippen LogP contribution in [0.3, 0.4) is 0 Å². The van der Waals surface area contributed by atoms with Gasteiger partial charge in [-0.3, -0.25) is 9.59 Å². The summed E-state index contributed by atoms with van der Waals surface area (Å²) < 4.78 is 10.2. The normalized spacial score (nSPS) is 10.7. The molecule has 0 heterocycles. The quantitative estimate of drug-likeness (QED) is 0.411. The SMILES string of the molecule is CCOCCCN(CCC(=O)OCC)C(=O)C(CC)CC. The first-order valence-corrected chi connectivity index (χ1v) is 8.12. The van der Waals surface area contributed by atoms with Gasteiger partial charge >= 0.3 is 5.97 Å². The van der Waals surface area contributed by atoms with E-state index in [9.17, 15) is 9.59 Å². The monoisotopic (exact) mass is 301 g/mol. The van der Waals surface area contributed by atoms with Gasteiger partial charge in [-0.25, -0.2) is 0 Å². The zero-order valence-electron chi connectivity index (χ0n) is 14.0. The number of rotatable bonds is 12. The molecule has 0 saturated heterocycles. The van der Waals surface area contributed by atoms with E-state index in [1.807, 2.05) is 20.8 Å². The van der Waals surface area contributed by atoms with Crippen molar-refractivity contribution in [1.82, 2.24) is 4.90 Å². The van der Waals surface area contributed by atoms with Gasteiger partial charge in [-0.05, 0) is 33.1 Å². The van der Waals surface area contributed by atoms with Gasteiger partial charge in [-0.15, -0.1) is 0 Å². The largest absolute Gasteiger partial charge is 0.466 e. The van der Waals surface area contributed by atoms with Crippen molar-refractivity contribution in [2.45, 2.75) is 53.4 Å². The molecule has 0 bridgehead atoms. The van der Waals surface area contributed by atoms with E-state index in [2.05, 4.69) is 0 Å². The van der Waals surface area contributed by atoms with E-state index in [1.165, 1.54) is 0 Å². The molecule has 0 aliphatic rings. The van der Waals surface area contributed by atoms with Crippen LogP contribution in [0.4, 0.5) is 0 Å². The lowest BCUT2D eigenvalue weighted by atomic mass is 10.0. The summed E-state index contributed by atoms with van der Waals surface area (Å²) in [6, 6.07) is 0. The second-order valence-corrected chi connectivity index (χ2v) is 4.94. The molecule has 0 aromatic carbocycles. The average molecular weight is 301 g/mol.